The summed E-state index contributed by atoms with van der Waals surface area (Å²) in [5.74, 6) is 0.502. The van der Waals surface area contributed by atoms with E-state index in [9.17, 15) is 0 Å². The minimum absolute atomic E-state index is 0.502. The summed E-state index contributed by atoms with van der Waals surface area (Å²) in [5, 5.41) is 1.49. The van der Waals surface area contributed by atoms with Gasteiger partial charge < -0.3 is 5.73 Å². The van der Waals surface area contributed by atoms with E-state index in [2.05, 4.69) is 21.5 Å². The molecule has 13 heavy (non-hydrogen) atoms. The molecule has 0 bridgehead atoms. The van der Waals surface area contributed by atoms with Gasteiger partial charge >= 0.3 is 0 Å². The highest BCUT2D eigenvalue weighted by atomic mass is 14.8. The normalized spacial score (nSPS) is 13.4. The minimum atomic E-state index is 0.502. The number of amidine groups is 1. The van der Waals surface area contributed by atoms with Gasteiger partial charge in [-0.25, -0.2) is 15.0 Å². The molecule has 1 aromatic heterocycles. The monoisotopic (exact) mass is 176 g/mol. The number of rotatable bonds is 1. The molecule has 0 fully saturated rings. The Kier molecular flexibility index (Phi) is 2.74. The number of nitrogens with two attached hydrogens (primary N) is 1. The molecule has 68 valence electrons. The Balaban J connectivity index is 3.37. The molecular formula is C9H12N4. The summed E-state index contributed by atoms with van der Waals surface area (Å²) in [4.78, 5) is 11.9. The smallest absolute Gasteiger partial charge is 0.116 e. The van der Waals surface area contributed by atoms with E-state index < -0.39 is 0 Å². The third kappa shape index (κ3) is 2.37. The lowest BCUT2D eigenvalue weighted by molar-refractivity contribution is 1.04. The first kappa shape index (κ1) is 9.38. The first-order valence-corrected chi connectivity index (χ1v) is 3.88. The second-order valence-electron chi connectivity index (χ2n) is 2.72. The average Bonchev–Trinajstić information content (AvgIpc) is 2.03. The van der Waals surface area contributed by atoms with Gasteiger partial charge in [0.2, 0.25) is 0 Å². The first-order valence-electron chi connectivity index (χ1n) is 3.88. The van der Waals surface area contributed by atoms with Gasteiger partial charge in [-0.1, -0.05) is 6.58 Å². The highest BCUT2D eigenvalue weighted by molar-refractivity contribution is 5.79. The fraction of sp³-hybridized carbons (Fsp3) is 0.222. The number of aryl methyl sites for hydroxylation is 1. The molecule has 1 rings (SSSR count). The van der Waals surface area contributed by atoms with Crippen LogP contribution in [0.2, 0.25) is 0 Å². The molecule has 1 heterocycles. The maximum Gasteiger partial charge on any atom is 0.116 e. The number of aliphatic imine (C=N–C) groups is 1. The van der Waals surface area contributed by atoms with Crippen molar-refractivity contribution in [3.63, 3.8) is 0 Å². The second kappa shape index (κ2) is 3.80. The molecule has 0 aliphatic heterocycles. The van der Waals surface area contributed by atoms with Crippen LogP contribution in [0.4, 0.5) is 0 Å². The Labute approximate surface area is 76.6 Å². The predicted molar refractivity (Wildman–Crippen MR) is 53.3 cm³/mol. The summed E-state index contributed by atoms with van der Waals surface area (Å²) in [6.45, 7) is 7.37. The fourth-order valence-electron chi connectivity index (χ4n) is 0.867. The van der Waals surface area contributed by atoms with Crippen LogP contribution < -0.4 is 16.3 Å². The van der Waals surface area contributed by atoms with Crippen LogP contribution >= 0.6 is 0 Å². The summed E-state index contributed by atoms with van der Waals surface area (Å²) in [6.07, 6.45) is 3.11. The van der Waals surface area contributed by atoms with Gasteiger partial charge in [0, 0.05) is 11.4 Å². The summed E-state index contributed by atoms with van der Waals surface area (Å²) in [6, 6.07) is 0. The summed E-state index contributed by atoms with van der Waals surface area (Å²) in [7, 11) is 0. The van der Waals surface area contributed by atoms with Gasteiger partial charge in [0.05, 0.1) is 16.9 Å². The van der Waals surface area contributed by atoms with Crippen LogP contribution in [-0.2, 0) is 0 Å². The van der Waals surface area contributed by atoms with Crippen molar-refractivity contribution < 1.29 is 0 Å². The molecule has 0 aliphatic rings. The zero-order valence-corrected chi connectivity index (χ0v) is 7.78. The number of nitrogens with zero attached hydrogens (tertiary/aromatic N) is 3. The van der Waals surface area contributed by atoms with Gasteiger partial charge in [0.25, 0.3) is 0 Å². The Morgan fingerprint density at radius 3 is 2.85 bits per heavy atom. The highest BCUT2D eigenvalue weighted by Crippen LogP contribution is 1.76. The van der Waals surface area contributed by atoms with E-state index in [1.54, 1.807) is 13.1 Å². The molecular weight excluding hydrogens is 164 g/mol. The van der Waals surface area contributed by atoms with Crippen molar-refractivity contribution in [1.82, 2.24) is 9.97 Å². The molecule has 0 aromatic carbocycles. The van der Waals surface area contributed by atoms with Crippen molar-refractivity contribution in [1.29, 1.82) is 0 Å². The molecule has 4 nitrogen and oxygen atoms in total. The van der Waals surface area contributed by atoms with Crippen molar-refractivity contribution in [3.8, 4) is 0 Å². The summed E-state index contributed by atoms with van der Waals surface area (Å²) >= 11 is 0. The van der Waals surface area contributed by atoms with E-state index in [4.69, 9.17) is 5.73 Å². The number of hydrogen-bond donors (Lipinski definition) is 1. The Morgan fingerprint density at radius 1 is 1.62 bits per heavy atom. The van der Waals surface area contributed by atoms with Gasteiger partial charge in [0.15, 0.2) is 0 Å². The maximum atomic E-state index is 5.40. The van der Waals surface area contributed by atoms with E-state index in [1.165, 1.54) is 6.33 Å². The molecule has 0 saturated heterocycles. The Bertz CT molecular complexity index is 429. The van der Waals surface area contributed by atoms with Gasteiger partial charge in [-0.3, -0.25) is 0 Å². The zero-order chi connectivity index (χ0) is 9.84. The molecule has 2 N–H and O–H groups in total. The predicted octanol–water partition coefficient (Wildman–Crippen LogP) is -0.690. The zero-order valence-electron chi connectivity index (χ0n) is 7.78. The lowest BCUT2D eigenvalue weighted by Gasteiger charge is -1.92. The Hall–Kier alpha value is -1.71. The van der Waals surface area contributed by atoms with Crippen LogP contribution in [-0.4, -0.2) is 15.8 Å². The van der Waals surface area contributed by atoms with E-state index >= 15 is 0 Å². The molecule has 0 atom stereocenters. The fourth-order valence-corrected chi connectivity index (χ4v) is 0.867. The minimum Gasteiger partial charge on any atom is -0.387 e. The second-order valence-corrected chi connectivity index (χ2v) is 2.72. The van der Waals surface area contributed by atoms with Gasteiger partial charge in [-0.05, 0) is 13.8 Å². The standard InChI is InChI=1S/C9H12N4/c1-6-9(4-11-8(3)10)7(2)13-5-12-6/h4-5H,1H2,2-3H3,(H2,10,11). The van der Waals surface area contributed by atoms with Crippen molar-refractivity contribution in [2.24, 2.45) is 10.7 Å². The molecule has 0 amide bonds. The van der Waals surface area contributed by atoms with Crippen LogP contribution in [0.25, 0.3) is 12.8 Å². The molecule has 1 aromatic rings. The van der Waals surface area contributed by atoms with Gasteiger partial charge in [0.1, 0.15) is 6.33 Å². The molecule has 0 saturated carbocycles. The Morgan fingerprint density at radius 2 is 2.31 bits per heavy atom. The van der Waals surface area contributed by atoms with E-state index in [-0.39, 0.29) is 0 Å². The third-order valence-electron chi connectivity index (χ3n) is 1.56. The molecule has 4 heteroatoms. The number of hydrogen-bond acceptors (Lipinski definition) is 3. The van der Waals surface area contributed by atoms with Crippen molar-refractivity contribution >= 4 is 18.6 Å². The molecule has 0 aliphatic carbocycles. The van der Waals surface area contributed by atoms with Crippen molar-refractivity contribution in [2.75, 3.05) is 0 Å². The number of aromatic nitrogens is 2. The van der Waals surface area contributed by atoms with Crippen LogP contribution in [0.3, 0.4) is 0 Å². The van der Waals surface area contributed by atoms with Crippen LogP contribution in [0, 0.1) is 6.92 Å². The largest absolute Gasteiger partial charge is 0.387 e. The molecule has 0 spiro atoms. The van der Waals surface area contributed by atoms with Crippen molar-refractivity contribution in [2.45, 2.75) is 13.8 Å². The van der Waals surface area contributed by atoms with Crippen LogP contribution in [0.5, 0.6) is 0 Å². The van der Waals surface area contributed by atoms with E-state index in [0.29, 0.717) is 11.2 Å². The van der Waals surface area contributed by atoms with Crippen LogP contribution in [0.1, 0.15) is 12.6 Å². The first-order chi connectivity index (χ1) is 6.11. The summed E-state index contributed by atoms with van der Waals surface area (Å²) in [5.41, 5.74) is 6.25. The topological polar surface area (TPSA) is 64.2 Å². The van der Waals surface area contributed by atoms with Gasteiger partial charge in [-0.15, -0.1) is 0 Å². The quantitative estimate of drug-likeness (QED) is 0.455. The van der Waals surface area contributed by atoms with Crippen molar-refractivity contribution in [3.05, 3.63) is 22.6 Å². The van der Waals surface area contributed by atoms with E-state index in [1.807, 2.05) is 6.92 Å². The van der Waals surface area contributed by atoms with E-state index in [0.717, 1.165) is 10.9 Å². The average molecular weight is 176 g/mol. The lowest BCUT2D eigenvalue weighted by Crippen LogP contribution is -2.30. The van der Waals surface area contributed by atoms with Gasteiger partial charge in [-0.2, -0.15) is 0 Å². The third-order valence-corrected chi connectivity index (χ3v) is 1.56. The maximum absolute atomic E-state index is 5.40. The molecule has 0 unspecified atom stereocenters. The summed E-state index contributed by atoms with van der Waals surface area (Å²) < 4.78 is 0. The molecule has 0 radical (unpaired) electrons. The highest BCUT2D eigenvalue weighted by Gasteiger charge is 1.89. The SMILES string of the molecule is C=c1ncnc(C)c1=CN=C(C)N. The van der Waals surface area contributed by atoms with Crippen LogP contribution in [0.15, 0.2) is 11.3 Å². The lowest BCUT2D eigenvalue weighted by atomic mass is 10.3.